The number of nitrogens with one attached hydrogen (secondary N) is 2. The Kier molecular flexibility index (Phi) is 4.98. The van der Waals surface area contributed by atoms with Crippen LogP contribution in [0.5, 0.6) is 0 Å². The molecule has 0 radical (unpaired) electrons. The zero-order valence-electron chi connectivity index (χ0n) is 15.9. The summed E-state index contributed by atoms with van der Waals surface area (Å²) in [5.74, 6) is 1.43. The molecule has 5 heteroatoms. The number of likely N-dealkylation sites (tertiary alicyclic amines) is 1. The molecule has 5 nitrogen and oxygen atoms in total. The molecule has 2 heterocycles. The van der Waals surface area contributed by atoms with Crippen LogP contribution in [-0.4, -0.2) is 55.4 Å². The fourth-order valence-corrected chi connectivity index (χ4v) is 5.80. The van der Waals surface area contributed by atoms with E-state index in [4.69, 9.17) is 4.74 Å². The van der Waals surface area contributed by atoms with Gasteiger partial charge in [-0.3, -0.25) is 0 Å². The highest BCUT2D eigenvalue weighted by Crippen LogP contribution is 2.52. The minimum atomic E-state index is 0.0256. The van der Waals surface area contributed by atoms with Gasteiger partial charge < -0.3 is 20.3 Å². The lowest BCUT2D eigenvalue weighted by Crippen LogP contribution is -2.68. The molecule has 3 atom stereocenters. The Morgan fingerprint density at radius 2 is 1.80 bits per heavy atom. The third kappa shape index (κ3) is 3.55. The molecule has 142 valence electrons. The number of urea groups is 1. The first-order valence-corrected chi connectivity index (χ1v) is 10.4. The Hall–Kier alpha value is -0.810. The molecule has 2 aliphatic carbocycles. The van der Waals surface area contributed by atoms with Crippen molar-refractivity contribution in [3.05, 3.63) is 0 Å². The van der Waals surface area contributed by atoms with Gasteiger partial charge in [-0.05, 0) is 38.0 Å². The Morgan fingerprint density at radius 1 is 1.08 bits per heavy atom. The van der Waals surface area contributed by atoms with Crippen molar-refractivity contribution in [1.82, 2.24) is 15.5 Å². The molecule has 4 fully saturated rings. The molecule has 25 heavy (non-hydrogen) atoms. The number of carbonyl (C=O) groups is 1. The normalized spacial score (nSPS) is 36.0. The minimum absolute atomic E-state index is 0.0256. The molecule has 0 aromatic carbocycles. The van der Waals surface area contributed by atoms with Crippen LogP contribution in [0.3, 0.4) is 0 Å². The number of nitrogens with zero attached hydrogens (tertiary/aromatic N) is 1. The third-order valence-corrected chi connectivity index (χ3v) is 7.30. The van der Waals surface area contributed by atoms with Gasteiger partial charge in [0.15, 0.2) is 0 Å². The van der Waals surface area contributed by atoms with Crippen LogP contribution < -0.4 is 10.6 Å². The molecule has 0 aromatic rings. The van der Waals surface area contributed by atoms with Crippen molar-refractivity contribution < 1.29 is 9.53 Å². The molecule has 4 aliphatic rings. The minimum Gasteiger partial charge on any atom is -0.377 e. The zero-order valence-corrected chi connectivity index (χ0v) is 15.9. The maximum atomic E-state index is 12.5. The predicted octanol–water partition coefficient (Wildman–Crippen LogP) is 2.75. The second kappa shape index (κ2) is 7.07. The van der Waals surface area contributed by atoms with E-state index in [9.17, 15) is 4.79 Å². The number of hydrogen-bond acceptors (Lipinski definition) is 3. The van der Waals surface area contributed by atoms with E-state index in [0.717, 1.165) is 44.9 Å². The lowest BCUT2D eigenvalue weighted by atomic mass is 9.57. The molecular weight excluding hydrogens is 314 g/mol. The van der Waals surface area contributed by atoms with E-state index >= 15 is 0 Å². The number of rotatable bonds is 4. The topological polar surface area (TPSA) is 53.6 Å². The predicted molar refractivity (Wildman–Crippen MR) is 98.5 cm³/mol. The van der Waals surface area contributed by atoms with Crippen LogP contribution >= 0.6 is 0 Å². The number of amides is 2. The Bertz CT molecular complexity index is 481. The molecule has 2 N–H and O–H groups in total. The van der Waals surface area contributed by atoms with Gasteiger partial charge in [-0.2, -0.15) is 0 Å². The highest BCUT2D eigenvalue weighted by molar-refractivity contribution is 5.75. The third-order valence-electron chi connectivity index (χ3n) is 7.30. The molecule has 2 saturated carbocycles. The SMILES string of the molecule is CC1(C)[C@H](NC(=O)NC2CCN(CC3CCCC3)CC2)[C@H]2CCO[C@@H]21. The van der Waals surface area contributed by atoms with Gasteiger partial charge in [-0.15, -0.1) is 0 Å². The van der Waals surface area contributed by atoms with Crippen molar-refractivity contribution in [2.24, 2.45) is 17.3 Å². The van der Waals surface area contributed by atoms with E-state index in [1.807, 2.05) is 0 Å². The lowest BCUT2D eigenvalue weighted by Gasteiger charge is -2.54. The van der Waals surface area contributed by atoms with Gasteiger partial charge in [0.25, 0.3) is 0 Å². The van der Waals surface area contributed by atoms with Crippen LogP contribution in [-0.2, 0) is 4.74 Å². The van der Waals surface area contributed by atoms with Crippen molar-refractivity contribution in [1.29, 1.82) is 0 Å². The highest BCUT2D eigenvalue weighted by Gasteiger charge is 2.59. The van der Waals surface area contributed by atoms with Gasteiger partial charge in [0.2, 0.25) is 0 Å². The summed E-state index contributed by atoms with van der Waals surface area (Å²) in [5, 5.41) is 6.48. The van der Waals surface area contributed by atoms with Gasteiger partial charge in [-0.25, -0.2) is 4.79 Å². The van der Waals surface area contributed by atoms with Crippen molar-refractivity contribution in [2.45, 2.75) is 77.0 Å². The first-order chi connectivity index (χ1) is 12.0. The summed E-state index contributed by atoms with van der Waals surface area (Å²) in [6.07, 6.45) is 9.27. The summed E-state index contributed by atoms with van der Waals surface area (Å²) < 4.78 is 5.82. The van der Waals surface area contributed by atoms with E-state index in [-0.39, 0.29) is 17.5 Å². The monoisotopic (exact) mass is 349 g/mol. The standard InChI is InChI=1S/C20H35N3O2/c1-20(2)17(16-9-12-25-18(16)20)22-19(24)21-15-7-10-23(11-8-15)13-14-5-3-4-6-14/h14-18H,3-13H2,1-2H3,(H2,21,22,24)/t16-,17-,18+/m1/s1. The highest BCUT2D eigenvalue weighted by atomic mass is 16.5. The average molecular weight is 350 g/mol. The van der Waals surface area contributed by atoms with Crippen molar-refractivity contribution >= 4 is 6.03 Å². The molecule has 2 saturated heterocycles. The quantitative estimate of drug-likeness (QED) is 0.820. The van der Waals surface area contributed by atoms with E-state index in [1.54, 1.807) is 0 Å². The smallest absolute Gasteiger partial charge is 0.315 e. The average Bonchev–Trinajstić information content (AvgIpc) is 3.25. The molecule has 0 bridgehead atoms. The van der Waals surface area contributed by atoms with E-state index in [1.165, 1.54) is 32.2 Å². The van der Waals surface area contributed by atoms with Crippen molar-refractivity contribution in [3.8, 4) is 0 Å². The van der Waals surface area contributed by atoms with Crippen LogP contribution in [0.15, 0.2) is 0 Å². The van der Waals surface area contributed by atoms with E-state index in [0.29, 0.717) is 18.1 Å². The Labute approximate surface area is 152 Å². The van der Waals surface area contributed by atoms with Crippen LogP contribution in [0, 0.1) is 17.3 Å². The Balaban J connectivity index is 1.19. The maximum Gasteiger partial charge on any atom is 0.315 e. The first-order valence-electron chi connectivity index (χ1n) is 10.4. The second-order valence-corrected chi connectivity index (χ2v) is 9.39. The van der Waals surface area contributed by atoms with Crippen molar-refractivity contribution in [3.63, 3.8) is 0 Å². The van der Waals surface area contributed by atoms with Gasteiger partial charge in [0.1, 0.15) is 0 Å². The number of fused-ring (bicyclic) bond motifs is 1. The van der Waals surface area contributed by atoms with Crippen LogP contribution in [0.2, 0.25) is 0 Å². The van der Waals surface area contributed by atoms with Gasteiger partial charge in [0, 0.05) is 49.7 Å². The summed E-state index contributed by atoms with van der Waals surface area (Å²) in [6.45, 7) is 8.82. The summed E-state index contributed by atoms with van der Waals surface area (Å²) >= 11 is 0. The molecule has 4 rings (SSSR count). The first kappa shape index (κ1) is 17.6. The second-order valence-electron chi connectivity index (χ2n) is 9.39. The maximum absolute atomic E-state index is 12.5. The number of hydrogen-bond donors (Lipinski definition) is 2. The number of ether oxygens (including phenoxy) is 1. The molecule has 0 spiro atoms. The van der Waals surface area contributed by atoms with Gasteiger partial charge in [-0.1, -0.05) is 26.7 Å². The number of piperidine rings is 1. The van der Waals surface area contributed by atoms with Crippen LogP contribution in [0.25, 0.3) is 0 Å². The summed E-state index contributed by atoms with van der Waals surface area (Å²) in [6, 6.07) is 0.610. The molecule has 0 unspecified atom stereocenters. The molecular formula is C20H35N3O2. The number of carbonyl (C=O) groups excluding carboxylic acids is 1. The van der Waals surface area contributed by atoms with E-state index < -0.39 is 0 Å². The fourth-order valence-electron chi connectivity index (χ4n) is 5.80. The molecule has 2 aliphatic heterocycles. The van der Waals surface area contributed by atoms with Gasteiger partial charge in [0.05, 0.1) is 6.10 Å². The van der Waals surface area contributed by atoms with Crippen LogP contribution in [0.1, 0.15) is 58.8 Å². The molecule has 0 aromatic heterocycles. The van der Waals surface area contributed by atoms with Crippen LogP contribution in [0.4, 0.5) is 4.79 Å². The summed E-state index contributed by atoms with van der Waals surface area (Å²) in [5.41, 5.74) is 0.0587. The van der Waals surface area contributed by atoms with Crippen molar-refractivity contribution in [2.75, 3.05) is 26.2 Å². The Morgan fingerprint density at radius 3 is 2.52 bits per heavy atom. The fraction of sp³-hybridized carbons (Fsp3) is 0.950. The summed E-state index contributed by atoms with van der Waals surface area (Å²) in [4.78, 5) is 15.1. The summed E-state index contributed by atoms with van der Waals surface area (Å²) in [7, 11) is 0. The molecule has 2 amide bonds. The zero-order chi connectivity index (χ0) is 17.4. The van der Waals surface area contributed by atoms with E-state index in [2.05, 4.69) is 29.4 Å². The lowest BCUT2D eigenvalue weighted by molar-refractivity contribution is -0.108. The van der Waals surface area contributed by atoms with Gasteiger partial charge >= 0.3 is 6.03 Å². The largest absolute Gasteiger partial charge is 0.377 e.